The van der Waals surface area contributed by atoms with E-state index in [1.165, 1.54) is 17.0 Å². The Labute approximate surface area is 200 Å². The Hall–Kier alpha value is -3.04. The first kappa shape index (κ1) is 21.8. The predicted octanol–water partition coefficient (Wildman–Crippen LogP) is 3.99. The minimum absolute atomic E-state index is 0.0197. The fourth-order valence-corrected chi connectivity index (χ4v) is 5.88. The molecule has 2 aromatic rings. The Kier molecular flexibility index (Phi) is 5.33. The third-order valence-corrected chi connectivity index (χ3v) is 7.49. The number of halogens is 1. The van der Waals surface area contributed by atoms with Crippen molar-refractivity contribution in [3.63, 3.8) is 0 Å². The van der Waals surface area contributed by atoms with Gasteiger partial charge in [0, 0.05) is 30.8 Å². The maximum atomic E-state index is 14.2. The maximum absolute atomic E-state index is 14.2. The van der Waals surface area contributed by atoms with Gasteiger partial charge >= 0.3 is 0 Å². The molecule has 10 heteroatoms. The van der Waals surface area contributed by atoms with Crippen LogP contribution in [0.15, 0.2) is 42.5 Å². The van der Waals surface area contributed by atoms with E-state index in [4.69, 9.17) is 23.8 Å². The van der Waals surface area contributed by atoms with Crippen LogP contribution in [-0.4, -0.2) is 34.4 Å². The number of nitrogens with zero attached hydrogens (tertiary/aromatic N) is 3. The van der Waals surface area contributed by atoms with Crippen molar-refractivity contribution < 1.29 is 14.5 Å². The molecule has 3 heterocycles. The summed E-state index contributed by atoms with van der Waals surface area (Å²) in [5, 5.41) is 14.5. The molecule has 1 N–H and O–H groups in total. The summed E-state index contributed by atoms with van der Waals surface area (Å²) < 4.78 is 0. The highest BCUT2D eigenvalue weighted by Gasteiger charge is 2.61. The molecule has 1 spiro atoms. The number of benzene rings is 2. The van der Waals surface area contributed by atoms with Crippen molar-refractivity contribution in [3.05, 3.63) is 63.2 Å². The molecular formula is C23H21ClN4O4S. The molecule has 0 radical (unpaired) electrons. The van der Waals surface area contributed by atoms with Gasteiger partial charge in [0.2, 0.25) is 5.91 Å². The summed E-state index contributed by atoms with van der Waals surface area (Å²) >= 11 is 11.8. The van der Waals surface area contributed by atoms with Crippen LogP contribution in [0.2, 0.25) is 5.02 Å². The lowest BCUT2D eigenvalue weighted by Gasteiger charge is -2.52. The summed E-state index contributed by atoms with van der Waals surface area (Å²) in [6.45, 7) is 0.661. The van der Waals surface area contributed by atoms with Crippen molar-refractivity contribution in [2.24, 2.45) is 5.41 Å². The van der Waals surface area contributed by atoms with Crippen molar-refractivity contribution in [2.45, 2.75) is 38.1 Å². The lowest BCUT2D eigenvalue weighted by atomic mass is 9.67. The highest BCUT2D eigenvalue weighted by Crippen LogP contribution is 2.48. The van der Waals surface area contributed by atoms with E-state index < -0.39 is 28.2 Å². The first-order valence-electron chi connectivity index (χ1n) is 10.8. The normalized spacial score (nSPS) is 24.8. The summed E-state index contributed by atoms with van der Waals surface area (Å²) in [5.74, 6) is -0.909. The average molecular weight is 485 g/mol. The largest absolute Gasteiger partial charge is 0.367 e. The second-order valence-corrected chi connectivity index (χ2v) is 9.42. The smallest absolute Gasteiger partial charge is 0.269 e. The first-order valence-corrected chi connectivity index (χ1v) is 11.6. The Balaban J connectivity index is 1.70. The molecule has 0 aromatic heterocycles. The number of para-hydroxylation sites is 1. The standard InChI is InChI=1S/C23H21ClN4O4S/c24-16-6-3-4-7-18(16)27-21(30)23(20(29)25-22(27)33)13-14-12-15(28(31)32)9-10-17(14)26-11-5-1-2-8-19(23)26/h3-4,6-7,9-10,12,19H,1-2,5,8,11,13H2,(H,25,29,33)/t19-,23-/m0/s1. The monoisotopic (exact) mass is 484 g/mol. The number of non-ortho nitro benzene ring substituents is 1. The summed E-state index contributed by atoms with van der Waals surface area (Å²) in [6, 6.07) is 11.1. The predicted molar refractivity (Wildman–Crippen MR) is 129 cm³/mol. The van der Waals surface area contributed by atoms with E-state index in [2.05, 4.69) is 10.2 Å². The molecule has 0 aliphatic carbocycles. The number of hydrogen-bond donors (Lipinski definition) is 1. The molecule has 0 bridgehead atoms. The van der Waals surface area contributed by atoms with Gasteiger partial charge < -0.3 is 10.2 Å². The van der Waals surface area contributed by atoms with Crippen molar-refractivity contribution in [3.8, 4) is 0 Å². The van der Waals surface area contributed by atoms with Crippen LogP contribution in [-0.2, 0) is 16.0 Å². The van der Waals surface area contributed by atoms with Gasteiger partial charge in [0.1, 0.15) is 0 Å². The van der Waals surface area contributed by atoms with Gasteiger partial charge in [-0.25, -0.2) is 0 Å². The zero-order valence-electron chi connectivity index (χ0n) is 17.6. The van der Waals surface area contributed by atoms with Gasteiger partial charge in [-0.1, -0.05) is 36.6 Å². The lowest BCUT2D eigenvalue weighted by molar-refractivity contribution is -0.384. The molecule has 0 unspecified atom stereocenters. The van der Waals surface area contributed by atoms with E-state index in [-0.39, 0.29) is 17.2 Å². The van der Waals surface area contributed by atoms with Crippen LogP contribution in [0, 0.1) is 15.5 Å². The number of carbonyl (C=O) groups excluding carboxylic acids is 2. The molecule has 5 rings (SSSR count). The first-order chi connectivity index (χ1) is 15.8. The SMILES string of the molecule is O=C1NC(=S)N(c2ccccc2Cl)C(=O)[C@]12Cc1cc([N+](=O)[O-])ccc1N1CCCCC[C@H]12. The summed E-state index contributed by atoms with van der Waals surface area (Å²) in [5.41, 5.74) is 0.306. The van der Waals surface area contributed by atoms with Crippen LogP contribution >= 0.6 is 23.8 Å². The Morgan fingerprint density at radius 2 is 1.91 bits per heavy atom. The molecular weight excluding hydrogens is 464 g/mol. The quantitative estimate of drug-likeness (QED) is 0.300. The Morgan fingerprint density at radius 1 is 1.12 bits per heavy atom. The number of thiocarbonyl (C=S) groups is 1. The highest BCUT2D eigenvalue weighted by atomic mass is 35.5. The fraction of sp³-hybridized carbons (Fsp3) is 0.348. The van der Waals surface area contributed by atoms with Gasteiger partial charge in [0.15, 0.2) is 10.5 Å². The van der Waals surface area contributed by atoms with Crippen LogP contribution in [0.1, 0.15) is 31.2 Å². The van der Waals surface area contributed by atoms with Crippen LogP contribution in [0.25, 0.3) is 0 Å². The van der Waals surface area contributed by atoms with E-state index in [1.54, 1.807) is 30.3 Å². The summed E-state index contributed by atoms with van der Waals surface area (Å²) in [6.07, 6.45) is 3.47. The lowest BCUT2D eigenvalue weighted by Crippen LogP contribution is -2.72. The zero-order chi connectivity index (χ0) is 23.3. The van der Waals surface area contributed by atoms with E-state index in [0.29, 0.717) is 29.2 Å². The van der Waals surface area contributed by atoms with Crippen LogP contribution < -0.4 is 15.1 Å². The third kappa shape index (κ3) is 3.29. The number of nitro benzene ring substituents is 1. The number of rotatable bonds is 2. The number of nitrogens with one attached hydrogen (secondary N) is 1. The number of fused-ring (bicyclic) bond motifs is 4. The molecule has 2 aromatic carbocycles. The second-order valence-electron chi connectivity index (χ2n) is 8.63. The van der Waals surface area contributed by atoms with Crippen molar-refractivity contribution >= 4 is 57.8 Å². The molecule has 2 saturated heterocycles. The summed E-state index contributed by atoms with van der Waals surface area (Å²) in [7, 11) is 0. The molecule has 3 aliphatic rings. The molecule has 2 fully saturated rings. The molecule has 3 aliphatic heterocycles. The highest BCUT2D eigenvalue weighted by molar-refractivity contribution is 7.80. The number of anilines is 2. The van der Waals surface area contributed by atoms with Crippen LogP contribution in [0.5, 0.6) is 0 Å². The van der Waals surface area contributed by atoms with E-state index in [0.717, 1.165) is 24.9 Å². The number of carbonyl (C=O) groups is 2. The Bertz CT molecular complexity index is 1200. The van der Waals surface area contributed by atoms with Gasteiger partial charge in [-0.05, 0) is 48.8 Å². The molecule has 33 heavy (non-hydrogen) atoms. The molecule has 0 saturated carbocycles. The maximum Gasteiger partial charge on any atom is 0.269 e. The Morgan fingerprint density at radius 3 is 2.67 bits per heavy atom. The van der Waals surface area contributed by atoms with Crippen molar-refractivity contribution in [1.29, 1.82) is 0 Å². The van der Waals surface area contributed by atoms with Crippen molar-refractivity contribution in [1.82, 2.24) is 5.32 Å². The number of amides is 2. The zero-order valence-corrected chi connectivity index (χ0v) is 19.2. The van der Waals surface area contributed by atoms with Crippen LogP contribution in [0.3, 0.4) is 0 Å². The van der Waals surface area contributed by atoms with Gasteiger partial charge in [-0.3, -0.25) is 24.6 Å². The minimum Gasteiger partial charge on any atom is -0.367 e. The molecule has 170 valence electrons. The van der Waals surface area contributed by atoms with E-state index in [9.17, 15) is 19.7 Å². The van der Waals surface area contributed by atoms with Crippen molar-refractivity contribution in [2.75, 3.05) is 16.3 Å². The van der Waals surface area contributed by atoms with Gasteiger partial charge in [-0.15, -0.1) is 0 Å². The van der Waals surface area contributed by atoms with Gasteiger partial charge in [-0.2, -0.15) is 0 Å². The molecule has 2 amide bonds. The van der Waals surface area contributed by atoms with E-state index in [1.807, 2.05) is 0 Å². The molecule has 2 atom stereocenters. The number of nitro groups is 1. The van der Waals surface area contributed by atoms with Crippen LogP contribution in [0.4, 0.5) is 17.1 Å². The minimum atomic E-state index is -1.48. The summed E-state index contributed by atoms with van der Waals surface area (Å²) in [4.78, 5) is 42.2. The number of hydrogen-bond acceptors (Lipinski definition) is 6. The third-order valence-electron chi connectivity index (χ3n) is 6.88. The molecule has 8 nitrogen and oxygen atoms in total. The second kappa shape index (κ2) is 8.07. The van der Waals surface area contributed by atoms with Gasteiger partial charge in [0.25, 0.3) is 11.6 Å². The average Bonchev–Trinajstić information content (AvgIpc) is 3.05. The van der Waals surface area contributed by atoms with Gasteiger partial charge in [0.05, 0.1) is 21.7 Å². The fourth-order valence-electron chi connectivity index (χ4n) is 5.39. The topological polar surface area (TPSA) is 95.8 Å². The van der Waals surface area contributed by atoms with E-state index >= 15 is 0 Å².